The van der Waals surface area contributed by atoms with E-state index in [4.69, 9.17) is 4.74 Å². The lowest BCUT2D eigenvalue weighted by Gasteiger charge is -2.30. The average molecular weight is 222 g/mol. The molecule has 1 fully saturated rings. The summed E-state index contributed by atoms with van der Waals surface area (Å²) in [7, 11) is 0. The SMILES string of the molecule is C=C(CN1CCCOCC1C)[B-](F)(F)F. The molecule has 0 amide bonds. The van der Waals surface area contributed by atoms with Crippen LogP contribution in [0.1, 0.15) is 13.3 Å². The van der Waals surface area contributed by atoms with Crippen LogP contribution in [0.3, 0.4) is 0 Å². The van der Waals surface area contributed by atoms with E-state index in [2.05, 4.69) is 6.58 Å². The van der Waals surface area contributed by atoms with Crippen LogP contribution in [0.4, 0.5) is 12.9 Å². The zero-order valence-electron chi connectivity index (χ0n) is 8.89. The summed E-state index contributed by atoms with van der Waals surface area (Å²) in [4.78, 5) is 1.78. The fourth-order valence-corrected chi connectivity index (χ4v) is 1.55. The second-order valence-corrected chi connectivity index (χ2v) is 3.98. The van der Waals surface area contributed by atoms with Crippen LogP contribution >= 0.6 is 0 Å². The maximum Gasteiger partial charge on any atom is 0.506 e. The monoisotopic (exact) mass is 222 g/mol. The van der Waals surface area contributed by atoms with E-state index in [0.29, 0.717) is 19.8 Å². The Hall–Kier alpha value is -0.485. The first-order chi connectivity index (χ1) is 6.91. The van der Waals surface area contributed by atoms with Gasteiger partial charge in [-0.25, -0.2) is 0 Å². The Morgan fingerprint density at radius 3 is 2.80 bits per heavy atom. The molecule has 1 heterocycles. The Bertz CT molecular complexity index is 232. The molecular formula is C9H16BF3NO-. The molecule has 88 valence electrons. The van der Waals surface area contributed by atoms with Gasteiger partial charge < -0.3 is 17.7 Å². The fourth-order valence-electron chi connectivity index (χ4n) is 1.55. The molecule has 0 spiro atoms. The van der Waals surface area contributed by atoms with E-state index < -0.39 is 12.4 Å². The standard InChI is InChI=1S/C9H16BF3NO/c1-8(10(11,12)13)6-14-4-3-5-15-7-9(14)2/h9H,1,3-7H2,2H3/q-1. The van der Waals surface area contributed by atoms with Crippen molar-refractivity contribution in [1.82, 2.24) is 4.90 Å². The fraction of sp³-hybridized carbons (Fsp3) is 0.778. The number of hydrogen-bond acceptors (Lipinski definition) is 2. The summed E-state index contributed by atoms with van der Waals surface area (Å²) >= 11 is 0. The van der Waals surface area contributed by atoms with Gasteiger partial charge >= 0.3 is 6.98 Å². The number of hydrogen-bond donors (Lipinski definition) is 0. The van der Waals surface area contributed by atoms with Gasteiger partial charge in [0.05, 0.1) is 6.61 Å². The molecule has 15 heavy (non-hydrogen) atoms. The van der Waals surface area contributed by atoms with Gasteiger partial charge in [-0.3, -0.25) is 4.90 Å². The lowest BCUT2D eigenvalue weighted by atomic mass is 9.80. The number of halogens is 3. The Kier molecular flexibility index (Phi) is 4.22. The predicted octanol–water partition coefficient (Wildman–Crippen LogP) is 2.04. The largest absolute Gasteiger partial charge is 0.506 e. The smallest absolute Gasteiger partial charge is 0.445 e. The van der Waals surface area contributed by atoms with Gasteiger partial charge in [-0.15, -0.1) is 12.1 Å². The molecule has 1 unspecified atom stereocenters. The first-order valence-corrected chi connectivity index (χ1v) is 5.10. The lowest BCUT2D eigenvalue weighted by molar-refractivity contribution is 0.111. The molecule has 1 saturated heterocycles. The highest BCUT2D eigenvalue weighted by Crippen LogP contribution is 2.20. The topological polar surface area (TPSA) is 12.5 Å². The summed E-state index contributed by atoms with van der Waals surface area (Å²) < 4.78 is 42.3. The van der Waals surface area contributed by atoms with Crippen molar-refractivity contribution in [3.63, 3.8) is 0 Å². The summed E-state index contributed by atoms with van der Waals surface area (Å²) in [5.74, 6) is 0. The molecule has 0 bridgehead atoms. The van der Waals surface area contributed by atoms with Crippen LogP contribution in [-0.2, 0) is 4.74 Å². The first kappa shape index (κ1) is 12.6. The Morgan fingerprint density at radius 1 is 1.53 bits per heavy atom. The molecule has 0 aromatic carbocycles. The van der Waals surface area contributed by atoms with E-state index in [1.165, 1.54) is 0 Å². The summed E-state index contributed by atoms with van der Waals surface area (Å²) in [5.41, 5.74) is -0.622. The van der Waals surface area contributed by atoms with E-state index in [1.54, 1.807) is 4.90 Å². The van der Waals surface area contributed by atoms with Gasteiger partial charge in [0.1, 0.15) is 0 Å². The van der Waals surface area contributed by atoms with Crippen molar-refractivity contribution in [3.05, 3.63) is 12.1 Å². The van der Waals surface area contributed by atoms with Gasteiger partial charge in [-0.05, 0) is 19.9 Å². The van der Waals surface area contributed by atoms with Gasteiger partial charge in [-0.2, -0.15) is 0 Å². The van der Waals surface area contributed by atoms with Gasteiger partial charge in [0.25, 0.3) is 0 Å². The highest BCUT2D eigenvalue weighted by molar-refractivity contribution is 6.66. The van der Waals surface area contributed by atoms with Crippen LogP contribution in [-0.4, -0.2) is 44.2 Å². The zero-order chi connectivity index (χ0) is 11.5. The van der Waals surface area contributed by atoms with Crippen molar-refractivity contribution >= 4 is 6.98 Å². The Balaban J connectivity index is 2.52. The molecule has 0 N–H and O–H groups in total. The van der Waals surface area contributed by atoms with Crippen LogP contribution in [0.25, 0.3) is 0 Å². The third-order valence-electron chi connectivity index (χ3n) is 2.59. The van der Waals surface area contributed by atoms with Crippen molar-refractivity contribution in [2.45, 2.75) is 19.4 Å². The normalized spacial score (nSPS) is 24.9. The van der Waals surface area contributed by atoms with Gasteiger partial charge in [0.2, 0.25) is 0 Å². The van der Waals surface area contributed by atoms with Crippen LogP contribution in [0.2, 0.25) is 0 Å². The maximum atomic E-state index is 12.3. The van der Waals surface area contributed by atoms with E-state index >= 15 is 0 Å². The molecule has 0 radical (unpaired) electrons. The van der Waals surface area contributed by atoms with Crippen LogP contribution in [0.15, 0.2) is 12.1 Å². The van der Waals surface area contributed by atoms with Crippen molar-refractivity contribution < 1.29 is 17.7 Å². The molecular weight excluding hydrogens is 206 g/mol. The number of rotatable bonds is 3. The quantitative estimate of drug-likeness (QED) is 0.677. The van der Waals surface area contributed by atoms with Crippen molar-refractivity contribution in [3.8, 4) is 0 Å². The molecule has 0 aromatic heterocycles. The van der Waals surface area contributed by atoms with E-state index in [1.807, 2.05) is 6.92 Å². The first-order valence-electron chi connectivity index (χ1n) is 5.10. The van der Waals surface area contributed by atoms with Crippen LogP contribution in [0, 0.1) is 0 Å². The van der Waals surface area contributed by atoms with Gasteiger partial charge in [-0.1, -0.05) is 0 Å². The maximum absolute atomic E-state index is 12.3. The summed E-state index contributed by atoms with van der Waals surface area (Å²) in [6, 6.07) is 0.0300. The third-order valence-corrected chi connectivity index (χ3v) is 2.59. The molecule has 0 aliphatic carbocycles. The van der Waals surface area contributed by atoms with E-state index in [-0.39, 0.29) is 12.6 Å². The van der Waals surface area contributed by atoms with E-state index in [0.717, 1.165) is 6.42 Å². The molecule has 0 saturated carbocycles. The second-order valence-electron chi connectivity index (χ2n) is 3.98. The Labute approximate surface area is 88.1 Å². The third kappa shape index (κ3) is 3.87. The number of ether oxygens (including phenoxy) is 1. The summed E-state index contributed by atoms with van der Waals surface area (Å²) in [5, 5.41) is 0. The highest BCUT2D eigenvalue weighted by atomic mass is 19.4. The molecule has 1 atom stereocenters. The lowest BCUT2D eigenvalue weighted by Crippen LogP contribution is -2.39. The molecule has 1 aliphatic heterocycles. The van der Waals surface area contributed by atoms with E-state index in [9.17, 15) is 12.9 Å². The minimum atomic E-state index is -4.91. The van der Waals surface area contributed by atoms with Crippen molar-refractivity contribution in [2.75, 3.05) is 26.3 Å². The van der Waals surface area contributed by atoms with Gasteiger partial charge in [0.15, 0.2) is 0 Å². The predicted molar refractivity (Wildman–Crippen MR) is 54.7 cm³/mol. The van der Waals surface area contributed by atoms with Crippen LogP contribution < -0.4 is 0 Å². The van der Waals surface area contributed by atoms with Crippen molar-refractivity contribution in [2.24, 2.45) is 0 Å². The minimum absolute atomic E-state index is 0.0300. The molecule has 0 aromatic rings. The van der Waals surface area contributed by atoms with Crippen LogP contribution in [0.5, 0.6) is 0 Å². The summed E-state index contributed by atoms with van der Waals surface area (Å²) in [6.45, 7) is 1.76. The Morgan fingerprint density at radius 2 is 2.20 bits per heavy atom. The molecule has 1 aliphatic rings. The molecule has 6 heteroatoms. The van der Waals surface area contributed by atoms with Gasteiger partial charge in [0, 0.05) is 19.2 Å². The average Bonchev–Trinajstić information content (AvgIpc) is 2.30. The second kappa shape index (κ2) is 5.03. The molecule has 2 nitrogen and oxygen atoms in total. The minimum Gasteiger partial charge on any atom is -0.445 e. The molecule has 1 rings (SSSR count). The van der Waals surface area contributed by atoms with Crippen molar-refractivity contribution in [1.29, 1.82) is 0 Å². The summed E-state index contributed by atoms with van der Waals surface area (Å²) in [6.07, 6.45) is 0.780. The number of nitrogens with zero attached hydrogens (tertiary/aromatic N) is 1. The zero-order valence-corrected chi connectivity index (χ0v) is 8.89. The highest BCUT2D eigenvalue weighted by Gasteiger charge is 2.29.